The maximum absolute atomic E-state index is 8.74. The fourth-order valence-electron chi connectivity index (χ4n) is 0. The summed E-state index contributed by atoms with van der Waals surface area (Å²) >= 11 is 0. The SMILES string of the molecule is O=[Si](O)O.O=[Si](O)O.[BaH2].[MgH2].[MgH2].[PbH2].[Zn]. The Balaban J connectivity index is -0.00000000800. The molecule has 13 heteroatoms. The van der Waals surface area contributed by atoms with Gasteiger partial charge in [-0.15, -0.1) is 0 Å². The second kappa shape index (κ2) is 36.0. The summed E-state index contributed by atoms with van der Waals surface area (Å²) in [6, 6.07) is 0. The van der Waals surface area contributed by atoms with Crippen molar-refractivity contribution in [2.24, 2.45) is 0 Å². The summed E-state index contributed by atoms with van der Waals surface area (Å²) in [7, 11) is -6.26. The first-order chi connectivity index (χ1) is 3.46. The normalized spacial score (nSPS) is 3.69. The van der Waals surface area contributed by atoms with Crippen molar-refractivity contribution in [3.05, 3.63) is 0 Å². The van der Waals surface area contributed by atoms with E-state index in [1.54, 1.807) is 0 Å². The van der Waals surface area contributed by atoms with Crippen LogP contribution < -0.4 is 0 Å². The van der Waals surface area contributed by atoms with Gasteiger partial charge in [-0.25, -0.2) is 0 Å². The van der Waals surface area contributed by atoms with E-state index >= 15 is 0 Å². The van der Waals surface area contributed by atoms with Gasteiger partial charge in [-0.2, -0.15) is 0 Å². The fourth-order valence-corrected chi connectivity index (χ4v) is 0. The molecule has 0 amide bonds. The summed E-state index contributed by atoms with van der Waals surface area (Å²) in [4.78, 5) is 28.6. The van der Waals surface area contributed by atoms with Gasteiger partial charge in [0.1, 0.15) is 0 Å². The Hall–Kier alpha value is 3.88. The minimum absolute atomic E-state index is 0. The summed E-state index contributed by atoms with van der Waals surface area (Å²) in [6.45, 7) is 0. The Morgan fingerprint density at radius 3 is 0.769 bits per heavy atom. The monoisotopic (exact) mass is 622 g/mol. The van der Waals surface area contributed by atoms with Gasteiger partial charge in [0.05, 0.1) is 0 Å². The second-order valence-corrected chi connectivity index (χ2v) is 1.70. The molecule has 0 aliphatic rings. The van der Waals surface area contributed by atoms with E-state index in [2.05, 4.69) is 0 Å². The minimum Gasteiger partial charge on any atom is 0 e. The van der Waals surface area contributed by atoms with Crippen LogP contribution in [0.4, 0.5) is 0 Å². The Morgan fingerprint density at radius 2 is 0.769 bits per heavy atom. The molecule has 0 fully saturated rings. The van der Waals surface area contributed by atoms with E-state index in [4.69, 9.17) is 28.1 Å². The van der Waals surface area contributed by atoms with Crippen molar-refractivity contribution in [3.8, 4) is 0 Å². The van der Waals surface area contributed by atoms with Gasteiger partial charge in [-0.05, 0) is 0 Å². The molecule has 0 heterocycles. The molecule has 0 aromatic heterocycles. The smallest absolute Gasteiger partial charge is 0 e. The van der Waals surface area contributed by atoms with E-state index in [-0.39, 0.29) is 142 Å². The Kier molecular flexibility index (Phi) is 121. The molecule has 0 aliphatic heterocycles. The molecule has 0 aromatic carbocycles. The van der Waals surface area contributed by atoms with Crippen molar-refractivity contribution >= 4 is 141 Å². The first kappa shape index (κ1) is 43.6. The van der Waals surface area contributed by atoms with E-state index in [1.807, 2.05) is 0 Å². The zero-order chi connectivity index (χ0) is 7.15. The van der Waals surface area contributed by atoms with Crippen LogP contribution in [-0.2, 0) is 28.4 Å². The summed E-state index contributed by atoms with van der Waals surface area (Å²) in [5.41, 5.74) is 0. The van der Waals surface area contributed by atoms with E-state index < -0.39 is 18.3 Å². The Bertz CT molecular complexity index is 86.6. The van der Waals surface area contributed by atoms with Gasteiger partial charge < -0.3 is 19.2 Å². The van der Waals surface area contributed by atoms with Crippen molar-refractivity contribution in [2.45, 2.75) is 0 Å². The van der Waals surface area contributed by atoms with Gasteiger partial charge in [0, 0.05) is 19.5 Å². The van der Waals surface area contributed by atoms with Crippen LogP contribution in [-0.4, -0.2) is 160 Å². The molecule has 13 heavy (non-hydrogen) atoms. The average molecular weight is 623 g/mol. The van der Waals surface area contributed by atoms with Crippen LogP contribution in [0.3, 0.4) is 0 Å². The number of hydrogen-bond donors (Lipinski definition) is 4. The third-order valence-corrected chi connectivity index (χ3v) is 0. The summed E-state index contributed by atoms with van der Waals surface area (Å²) < 4.78 is 17.5. The molecule has 0 rings (SSSR count). The molecule has 0 aliphatic carbocycles. The third-order valence-electron chi connectivity index (χ3n) is 0. The predicted molar refractivity (Wildman–Crippen MR) is 55.9 cm³/mol. The van der Waals surface area contributed by atoms with Gasteiger partial charge in [-0.3, -0.25) is 8.92 Å². The molecule has 0 atom stereocenters. The topological polar surface area (TPSA) is 115 Å². The molecule has 0 bridgehead atoms. The average Bonchev–Trinajstić information content (AvgIpc) is 1.25. The molecular formula is H12BaMg2O6PbSi2Zn. The summed E-state index contributed by atoms with van der Waals surface area (Å²) in [5.74, 6) is 0. The molecule has 0 saturated carbocycles. The molecule has 0 spiro atoms. The first-order valence-corrected chi connectivity index (χ1v) is 3.91. The standard InChI is InChI=1S/Ba.2Mg.2H2O3Si.Pb.Zn.8H/c;;;2*1-4(2)3;;;;;;;;;;/h;;;2*1-2H;;;;;;;;;;. The van der Waals surface area contributed by atoms with Crippen LogP contribution in [0, 0.1) is 0 Å². The second-order valence-electron chi connectivity index (χ2n) is 0.565. The van der Waals surface area contributed by atoms with Crippen LogP contribution in [0.2, 0.25) is 0 Å². The maximum atomic E-state index is 8.74. The molecular weight excluding hydrogens is 611 g/mol. The molecule has 0 unspecified atom stereocenters. The summed E-state index contributed by atoms with van der Waals surface area (Å²) in [6.07, 6.45) is 0. The van der Waals surface area contributed by atoms with Gasteiger partial charge in [0.15, 0.2) is 0 Å². The maximum Gasteiger partial charge on any atom is 0 e. The van der Waals surface area contributed by atoms with Crippen molar-refractivity contribution in [3.63, 3.8) is 0 Å². The predicted octanol–water partition coefficient (Wildman–Crippen LogP) is -6.89. The first-order valence-electron chi connectivity index (χ1n) is 1.30. The Morgan fingerprint density at radius 1 is 0.769 bits per heavy atom. The largest absolute Gasteiger partial charge is 0 e. The van der Waals surface area contributed by atoms with Crippen molar-refractivity contribution < 1.29 is 47.6 Å². The molecule has 68 valence electrons. The van der Waals surface area contributed by atoms with Gasteiger partial charge >= 0.3 is 141 Å². The van der Waals surface area contributed by atoms with Crippen LogP contribution in [0.1, 0.15) is 0 Å². The molecule has 0 saturated heterocycles. The fraction of sp³-hybridized carbons (Fsp3) is 0. The van der Waals surface area contributed by atoms with Crippen LogP contribution in [0.15, 0.2) is 0 Å². The van der Waals surface area contributed by atoms with Crippen molar-refractivity contribution in [2.75, 3.05) is 0 Å². The molecule has 2 radical (unpaired) electrons. The molecule has 4 N–H and O–H groups in total. The molecule has 6 nitrogen and oxygen atoms in total. The summed E-state index contributed by atoms with van der Waals surface area (Å²) in [5, 5.41) is 0. The van der Waals surface area contributed by atoms with Crippen molar-refractivity contribution in [1.82, 2.24) is 0 Å². The van der Waals surface area contributed by atoms with E-state index in [1.165, 1.54) is 0 Å². The van der Waals surface area contributed by atoms with Crippen LogP contribution in [0.5, 0.6) is 0 Å². The zero-order valence-electron chi connectivity index (χ0n) is 5.02. The van der Waals surface area contributed by atoms with Crippen LogP contribution in [0.25, 0.3) is 0 Å². The quantitative estimate of drug-likeness (QED) is 0.200. The van der Waals surface area contributed by atoms with E-state index in [0.717, 1.165) is 0 Å². The Labute approximate surface area is 184 Å². The number of hydrogen-bond acceptors (Lipinski definition) is 2. The van der Waals surface area contributed by atoms with E-state index in [0.29, 0.717) is 0 Å². The molecule has 0 aromatic rings. The minimum atomic E-state index is -3.13. The number of rotatable bonds is 0. The van der Waals surface area contributed by atoms with Crippen molar-refractivity contribution in [1.29, 1.82) is 0 Å². The van der Waals surface area contributed by atoms with Gasteiger partial charge in [-0.1, -0.05) is 0 Å². The zero-order valence-corrected chi connectivity index (χ0v) is 15.5. The third kappa shape index (κ3) is 203. The van der Waals surface area contributed by atoms with E-state index in [9.17, 15) is 0 Å². The van der Waals surface area contributed by atoms with Gasteiger partial charge in [0.2, 0.25) is 0 Å². The van der Waals surface area contributed by atoms with Gasteiger partial charge in [0.25, 0.3) is 0 Å². The van der Waals surface area contributed by atoms with Crippen LogP contribution >= 0.6 is 0 Å².